The Morgan fingerprint density at radius 2 is 1.24 bits per heavy atom. The highest BCUT2D eigenvalue weighted by Crippen LogP contribution is 2.32. The number of carbonyl (C=O) groups is 4. The third-order valence-electron chi connectivity index (χ3n) is 10.4. The van der Waals surface area contributed by atoms with Gasteiger partial charge in [0.1, 0.15) is 35.5 Å². The Kier molecular flexibility index (Phi) is 10.9. The fraction of sp³-hybridized carbons (Fsp3) is 0.302. The zero-order valence-corrected chi connectivity index (χ0v) is 30.8. The molecule has 278 valence electrons. The molecule has 2 saturated heterocycles. The van der Waals surface area contributed by atoms with Gasteiger partial charge in [0.05, 0.1) is 0 Å². The maximum atomic E-state index is 13.7. The molecule has 0 radical (unpaired) electrons. The summed E-state index contributed by atoms with van der Waals surface area (Å²) in [5, 5.41) is 9.97. The number of amides is 4. The van der Waals surface area contributed by atoms with E-state index in [4.69, 9.17) is 4.42 Å². The summed E-state index contributed by atoms with van der Waals surface area (Å²) in [6.07, 6.45) is 2.72. The van der Waals surface area contributed by atoms with E-state index < -0.39 is 24.2 Å². The lowest BCUT2D eigenvalue weighted by atomic mass is 10.0. The van der Waals surface area contributed by atoms with E-state index in [9.17, 15) is 19.2 Å². The average Bonchev–Trinajstić information content (AvgIpc) is 3.97. The maximum Gasteiger partial charge on any atom is 0.247 e. The largest absolute Gasteiger partial charge is 0.456 e. The van der Waals surface area contributed by atoms with Crippen LogP contribution in [0.25, 0.3) is 22.3 Å². The number of nitrogens with zero attached hydrogens (tertiary/aromatic N) is 3. The number of rotatable bonds is 11. The van der Waals surface area contributed by atoms with Crippen molar-refractivity contribution in [3.8, 4) is 11.3 Å². The van der Waals surface area contributed by atoms with Crippen molar-refractivity contribution in [2.45, 2.75) is 49.9 Å². The van der Waals surface area contributed by atoms with Gasteiger partial charge in [-0.1, -0.05) is 60.7 Å². The van der Waals surface area contributed by atoms with Crippen LogP contribution in [0, 0.1) is 0 Å². The second-order valence-electron chi connectivity index (χ2n) is 14.2. The first-order chi connectivity index (χ1) is 26.2. The number of hydrogen-bond acceptors (Lipinski definition) is 7. The van der Waals surface area contributed by atoms with Gasteiger partial charge in [0.2, 0.25) is 23.6 Å². The van der Waals surface area contributed by atoms with Crippen molar-refractivity contribution >= 4 is 46.0 Å². The van der Waals surface area contributed by atoms with Crippen LogP contribution in [0.3, 0.4) is 0 Å². The zero-order chi connectivity index (χ0) is 37.8. The quantitative estimate of drug-likeness (QED) is 0.148. The molecule has 0 spiro atoms. The molecule has 2 aliphatic rings. The summed E-state index contributed by atoms with van der Waals surface area (Å²) in [7, 11) is 5.51. The molecule has 11 heteroatoms. The fourth-order valence-electron chi connectivity index (χ4n) is 7.74. The van der Waals surface area contributed by atoms with Crippen molar-refractivity contribution in [1.82, 2.24) is 20.0 Å². The van der Waals surface area contributed by atoms with Gasteiger partial charge in [0.15, 0.2) is 0 Å². The van der Waals surface area contributed by atoms with Gasteiger partial charge in [-0.05, 0) is 106 Å². The van der Waals surface area contributed by atoms with Gasteiger partial charge in [0.25, 0.3) is 0 Å². The summed E-state index contributed by atoms with van der Waals surface area (Å²) in [6, 6.07) is 31.9. The number of benzene rings is 4. The number of carbonyl (C=O) groups excluding carboxylic acids is 4. The molecule has 54 heavy (non-hydrogen) atoms. The van der Waals surface area contributed by atoms with Crippen molar-refractivity contribution < 1.29 is 23.6 Å². The number of hydrogen-bond donors (Lipinski definition) is 3. The lowest BCUT2D eigenvalue weighted by Gasteiger charge is -2.31. The van der Waals surface area contributed by atoms with Crippen molar-refractivity contribution in [2.24, 2.45) is 0 Å². The molecular formula is C43H46N6O5. The number of anilines is 2. The van der Waals surface area contributed by atoms with Gasteiger partial charge in [-0.25, -0.2) is 0 Å². The van der Waals surface area contributed by atoms with Gasteiger partial charge >= 0.3 is 0 Å². The van der Waals surface area contributed by atoms with Crippen LogP contribution in [0.4, 0.5) is 11.4 Å². The Morgan fingerprint density at radius 1 is 0.685 bits per heavy atom. The molecular weight excluding hydrogens is 681 g/mol. The predicted molar refractivity (Wildman–Crippen MR) is 209 cm³/mol. The van der Waals surface area contributed by atoms with Gasteiger partial charge < -0.3 is 30.2 Å². The minimum absolute atomic E-state index is 0.0797. The van der Waals surface area contributed by atoms with Crippen LogP contribution < -0.4 is 16.0 Å². The molecule has 4 atom stereocenters. The second kappa shape index (κ2) is 16.1. The lowest BCUT2D eigenvalue weighted by molar-refractivity contribution is -0.140. The van der Waals surface area contributed by atoms with Crippen LogP contribution in [-0.4, -0.2) is 84.6 Å². The van der Waals surface area contributed by atoms with E-state index in [0.29, 0.717) is 48.6 Å². The van der Waals surface area contributed by atoms with Gasteiger partial charge in [0, 0.05) is 35.4 Å². The third-order valence-corrected chi connectivity index (χ3v) is 10.4. The summed E-state index contributed by atoms with van der Waals surface area (Å²) >= 11 is 0. The molecule has 0 saturated carbocycles. The topological polar surface area (TPSA) is 127 Å². The van der Waals surface area contributed by atoms with Gasteiger partial charge in [-0.15, -0.1) is 0 Å². The minimum atomic E-state index is -0.562. The minimum Gasteiger partial charge on any atom is -0.456 e. The molecule has 1 aromatic heterocycles. The van der Waals surface area contributed by atoms with E-state index in [0.717, 1.165) is 34.9 Å². The molecule has 2 aliphatic heterocycles. The third kappa shape index (κ3) is 7.64. The van der Waals surface area contributed by atoms with E-state index in [1.807, 2.05) is 122 Å². The SMILES string of the molecule is CN[C@@H](C(=O)N1CCC[C@H]1C(=O)Nc1ccc2oc(-c3ccc(NC(=O)[C@@H]4CCCN4C(=O)[C@@H](c4ccccc4)N(C)C)cc3)cc2c1)c1ccccc1. The summed E-state index contributed by atoms with van der Waals surface area (Å²) < 4.78 is 6.16. The molecule has 3 heterocycles. The first-order valence-electron chi connectivity index (χ1n) is 18.5. The monoisotopic (exact) mass is 726 g/mol. The highest BCUT2D eigenvalue weighted by molar-refractivity contribution is 6.00. The van der Waals surface area contributed by atoms with Crippen LogP contribution in [0.2, 0.25) is 0 Å². The highest BCUT2D eigenvalue weighted by Gasteiger charge is 2.39. The van der Waals surface area contributed by atoms with E-state index in [1.54, 1.807) is 22.9 Å². The number of nitrogens with one attached hydrogen (secondary N) is 3. The average molecular weight is 727 g/mol. The van der Waals surface area contributed by atoms with Crippen molar-refractivity contribution in [2.75, 3.05) is 44.9 Å². The standard InChI is InChI=1S/C43H46N6O5/c1-44-38(29-12-6-4-7-13-29)42(52)48-24-10-16-34(48)41(51)46-33-22-23-36-31(26-33)27-37(54-36)28-18-20-32(21-19-28)45-40(50)35-17-11-25-49(35)43(53)39(47(2)3)30-14-8-5-9-15-30/h4-9,12-15,18-23,26-27,34-35,38-39,44H,10-11,16-17,24-25H2,1-3H3,(H,45,50)(H,46,51)/t34-,35-,38+,39+/m0/s1. The molecule has 2 fully saturated rings. The number of likely N-dealkylation sites (N-methyl/N-ethyl adjacent to an activating group) is 2. The molecule has 0 unspecified atom stereocenters. The summed E-state index contributed by atoms with van der Waals surface area (Å²) in [5.41, 5.74) is 4.48. The molecule has 3 N–H and O–H groups in total. The van der Waals surface area contributed by atoms with Gasteiger partial charge in [-0.3, -0.25) is 24.1 Å². The normalized spacial score (nSPS) is 18.1. The summed E-state index contributed by atoms with van der Waals surface area (Å²) in [6.45, 7) is 1.06. The highest BCUT2D eigenvalue weighted by atomic mass is 16.3. The number of furan rings is 1. The summed E-state index contributed by atoms with van der Waals surface area (Å²) in [5.74, 6) is 0.0170. The van der Waals surface area contributed by atoms with E-state index in [-0.39, 0.29) is 23.6 Å². The van der Waals surface area contributed by atoms with Gasteiger partial charge in [-0.2, -0.15) is 0 Å². The summed E-state index contributed by atoms with van der Waals surface area (Å²) in [4.78, 5) is 59.6. The smallest absolute Gasteiger partial charge is 0.247 e. The van der Waals surface area contributed by atoms with E-state index >= 15 is 0 Å². The van der Waals surface area contributed by atoms with Crippen LogP contribution in [0.1, 0.15) is 48.9 Å². The van der Waals surface area contributed by atoms with E-state index in [1.165, 1.54) is 0 Å². The molecule has 0 aliphatic carbocycles. The Balaban J connectivity index is 0.988. The van der Waals surface area contributed by atoms with Crippen molar-refractivity contribution in [1.29, 1.82) is 0 Å². The number of likely N-dealkylation sites (tertiary alicyclic amines) is 2. The Hall–Kier alpha value is -5.78. The molecule has 0 bridgehead atoms. The molecule has 11 nitrogen and oxygen atoms in total. The molecule has 7 rings (SSSR count). The molecule has 5 aromatic rings. The van der Waals surface area contributed by atoms with Crippen LogP contribution >= 0.6 is 0 Å². The van der Waals surface area contributed by atoms with Crippen molar-refractivity contribution in [3.63, 3.8) is 0 Å². The lowest BCUT2D eigenvalue weighted by Crippen LogP contribution is -2.47. The molecule has 4 aromatic carbocycles. The Bertz CT molecular complexity index is 2120. The Labute approximate surface area is 315 Å². The molecule has 4 amide bonds. The Morgan fingerprint density at radius 3 is 1.83 bits per heavy atom. The second-order valence-corrected chi connectivity index (χ2v) is 14.2. The fourth-order valence-corrected chi connectivity index (χ4v) is 7.74. The predicted octanol–water partition coefficient (Wildman–Crippen LogP) is 6.22. The zero-order valence-electron chi connectivity index (χ0n) is 30.8. The van der Waals surface area contributed by atoms with Crippen LogP contribution in [0.5, 0.6) is 0 Å². The first kappa shape index (κ1) is 36.6. The maximum absolute atomic E-state index is 13.7. The van der Waals surface area contributed by atoms with Crippen LogP contribution in [0.15, 0.2) is 114 Å². The van der Waals surface area contributed by atoms with E-state index in [2.05, 4.69) is 16.0 Å². The van der Waals surface area contributed by atoms with Crippen molar-refractivity contribution in [3.05, 3.63) is 120 Å². The first-order valence-corrected chi connectivity index (χ1v) is 18.5. The van der Waals surface area contributed by atoms with Crippen LogP contribution in [-0.2, 0) is 19.2 Å². The number of fused-ring (bicyclic) bond motifs is 1.